The second-order valence-electron chi connectivity index (χ2n) is 6.25. The number of hydrogen-bond acceptors (Lipinski definition) is 4. The SMILES string of the molecule is CC1(C)OB(c2cc(C(F)(F)F)n3nccc3n2)OC1(C)C. The van der Waals surface area contributed by atoms with Crippen LogP contribution in [0.3, 0.4) is 0 Å². The molecule has 5 nitrogen and oxygen atoms in total. The predicted octanol–water partition coefficient (Wildman–Crippen LogP) is 2.05. The summed E-state index contributed by atoms with van der Waals surface area (Å²) in [4.78, 5) is 4.17. The maximum absolute atomic E-state index is 13.2. The van der Waals surface area contributed by atoms with Gasteiger partial charge in [-0.15, -0.1) is 0 Å². The quantitative estimate of drug-likeness (QED) is 0.756. The molecule has 0 aliphatic carbocycles. The summed E-state index contributed by atoms with van der Waals surface area (Å²) in [5.41, 5.74) is -2.03. The average Bonchev–Trinajstić information content (AvgIpc) is 2.89. The van der Waals surface area contributed by atoms with Crippen LogP contribution in [0.4, 0.5) is 13.2 Å². The zero-order valence-electron chi connectivity index (χ0n) is 12.6. The third-order valence-electron chi connectivity index (χ3n) is 4.16. The van der Waals surface area contributed by atoms with Crippen LogP contribution >= 0.6 is 0 Å². The fraction of sp³-hybridized carbons (Fsp3) is 0.538. The monoisotopic (exact) mass is 313 g/mol. The largest absolute Gasteiger partial charge is 0.514 e. The molecular formula is C13H15BF3N3O2. The van der Waals surface area contributed by atoms with Crippen molar-refractivity contribution in [2.24, 2.45) is 0 Å². The van der Waals surface area contributed by atoms with Crippen molar-refractivity contribution in [1.82, 2.24) is 14.6 Å². The number of hydrogen-bond donors (Lipinski definition) is 0. The van der Waals surface area contributed by atoms with Crippen molar-refractivity contribution in [2.75, 3.05) is 0 Å². The standard InChI is InChI=1S/C13H15BF3N3O2/c1-11(2)12(3,4)22-14(21-11)9-7-8(13(15,16)17)20-10(19-9)5-6-18-20/h5-7H,1-4H3. The first kappa shape index (κ1) is 15.3. The lowest BCUT2D eigenvalue weighted by Gasteiger charge is -2.32. The Kier molecular flexibility index (Phi) is 3.10. The molecule has 0 saturated carbocycles. The van der Waals surface area contributed by atoms with E-state index in [4.69, 9.17) is 9.31 Å². The van der Waals surface area contributed by atoms with Gasteiger partial charge in [0.15, 0.2) is 5.65 Å². The molecule has 1 fully saturated rings. The van der Waals surface area contributed by atoms with E-state index in [-0.39, 0.29) is 11.2 Å². The van der Waals surface area contributed by atoms with Gasteiger partial charge in [0.05, 0.1) is 23.0 Å². The highest BCUT2D eigenvalue weighted by molar-refractivity contribution is 6.61. The van der Waals surface area contributed by atoms with Crippen molar-refractivity contribution in [3.05, 3.63) is 24.0 Å². The van der Waals surface area contributed by atoms with Crippen LogP contribution in [0, 0.1) is 0 Å². The molecule has 3 heterocycles. The van der Waals surface area contributed by atoms with E-state index in [1.54, 1.807) is 0 Å². The summed E-state index contributed by atoms with van der Waals surface area (Å²) >= 11 is 0. The lowest BCUT2D eigenvalue weighted by atomic mass is 9.84. The number of fused-ring (bicyclic) bond motifs is 1. The number of aromatic nitrogens is 3. The zero-order valence-corrected chi connectivity index (χ0v) is 12.6. The molecule has 2 aromatic heterocycles. The molecule has 0 amide bonds. The number of nitrogens with zero attached hydrogens (tertiary/aromatic N) is 3. The van der Waals surface area contributed by atoms with Gasteiger partial charge in [-0.2, -0.15) is 18.3 Å². The lowest BCUT2D eigenvalue weighted by molar-refractivity contribution is -0.142. The molecular weight excluding hydrogens is 298 g/mol. The molecule has 0 N–H and O–H groups in total. The summed E-state index contributed by atoms with van der Waals surface area (Å²) < 4.78 is 51.9. The molecule has 1 saturated heterocycles. The van der Waals surface area contributed by atoms with Crippen molar-refractivity contribution in [3.63, 3.8) is 0 Å². The normalized spacial score (nSPS) is 20.8. The molecule has 0 atom stereocenters. The van der Waals surface area contributed by atoms with Gasteiger partial charge in [-0.3, -0.25) is 0 Å². The van der Waals surface area contributed by atoms with Crippen LogP contribution < -0.4 is 5.59 Å². The highest BCUT2D eigenvalue weighted by Gasteiger charge is 2.53. The Balaban J connectivity index is 2.10. The highest BCUT2D eigenvalue weighted by atomic mass is 19.4. The minimum absolute atomic E-state index is 0.0824. The number of rotatable bonds is 1. The van der Waals surface area contributed by atoms with Crippen molar-refractivity contribution < 1.29 is 22.5 Å². The van der Waals surface area contributed by atoms with Crippen LogP contribution in [0.2, 0.25) is 0 Å². The summed E-state index contributed by atoms with van der Waals surface area (Å²) in [6, 6.07) is 2.33. The molecule has 0 spiro atoms. The first-order chi connectivity index (χ1) is 10.0. The van der Waals surface area contributed by atoms with Crippen molar-refractivity contribution in [1.29, 1.82) is 0 Å². The van der Waals surface area contributed by atoms with Crippen molar-refractivity contribution in [2.45, 2.75) is 45.1 Å². The Labute approximate surface area is 125 Å². The fourth-order valence-corrected chi connectivity index (χ4v) is 2.22. The summed E-state index contributed by atoms with van der Waals surface area (Å²) in [5, 5.41) is 3.66. The van der Waals surface area contributed by atoms with Gasteiger partial charge in [0, 0.05) is 6.07 Å². The summed E-state index contributed by atoms with van der Waals surface area (Å²) in [5.74, 6) is 0. The molecule has 0 aromatic carbocycles. The summed E-state index contributed by atoms with van der Waals surface area (Å²) in [6.07, 6.45) is -3.28. The number of alkyl halides is 3. The van der Waals surface area contributed by atoms with Gasteiger partial charge in [-0.05, 0) is 33.8 Å². The summed E-state index contributed by atoms with van der Waals surface area (Å²) in [6.45, 7) is 7.31. The first-order valence-electron chi connectivity index (χ1n) is 6.79. The molecule has 22 heavy (non-hydrogen) atoms. The predicted molar refractivity (Wildman–Crippen MR) is 73.7 cm³/mol. The van der Waals surface area contributed by atoms with Crippen LogP contribution in [0.1, 0.15) is 33.4 Å². The minimum atomic E-state index is -4.55. The molecule has 1 aliphatic heterocycles. The Morgan fingerprint density at radius 1 is 1.14 bits per heavy atom. The van der Waals surface area contributed by atoms with E-state index in [0.29, 0.717) is 0 Å². The van der Waals surface area contributed by atoms with Crippen LogP contribution in [0.25, 0.3) is 5.65 Å². The second-order valence-corrected chi connectivity index (χ2v) is 6.25. The Hall–Kier alpha value is -1.61. The van der Waals surface area contributed by atoms with Crippen molar-refractivity contribution >= 4 is 18.4 Å². The molecule has 9 heteroatoms. The van der Waals surface area contributed by atoms with E-state index in [1.807, 2.05) is 27.7 Å². The van der Waals surface area contributed by atoms with Crippen LogP contribution in [-0.4, -0.2) is 32.9 Å². The lowest BCUT2D eigenvalue weighted by Crippen LogP contribution is -2.41. The van der Waals surface area contributed by atoms with Gasteiger partial charge in [0.2, 0.25) is 0 Å². The van der Waals surface area contributed by atoms with Gasteiger partial charge < -0.3 is 9.31 Å². The highest BCUT2D eigenvalue weighted by Crippen LogP contribution is 2.37. The van der Waals surface area contributed by atoms with E-state index < -0.39 is 30.2 Å². The molecule has 1 aliphatic rings. The minimum Gasteiger partial charge on any atom is -0.398 e. The number of halogens is 3. The average molecular weight is 313 g/mol. The van der Waals surface area contributed by atoms with E-state index in [9.17, 15) is 13.2 Å². The second kappa shape index (κ2) is 4.45. The van der Waals surface area contributed by atoms with Gasteiger partial charge in [0.1, 0.15) is 5.69 Å². The van der Waals surface area contributed by atoms with Crippen LogP contribution in [0.5, 0.6) is 0 Å². The maximum atomic E-state index is 13.2. The van der Waals surface area contributed by atoms with Crippen LogP contribution in [0.15, 0.2) is 18.3 Å². The third kappa shape index (κ3) is 2.28. The smallest absolute Gasteiger partial charge is 0.398 e. The third-order valence-corrected chi connectivity index (χ3v) is 4.16. The van der Waals surface area contributed by atoms with Gasteiger partial charge in [0.25, 0.3) is 0 Å². The molecule has 0 radical (unpaired) electrons. The van der Waals surface area contributed by atoms with Gasteiger partial charge in [-0.1, -0.05) is 0 Å². The Bertz CT molecular complexity index is 711. The Morgan fingerprint density at radius 3 is 2.27 bits per heavy atom. The molecule has 0 bridgehead atoms. The van der Waals surface area contributed by atoms with E-state index >= 15 is 0 Å². The Morgan fingerprint density at radius 2 is 1.73 bits per heavy atom. The molecule has 2 aromatic rings. The van der Waals surface area contributed by atoms with E-state index in [0.717, 1.165) is 10.6 Å². The van der Waals surface area contributed by atoms with Gasteiger partial charge >= 0.3 is 13.3 Å². The summed E-state index contributed by atoms with van der Waals surface area (Å²) in [7, 11) is -0.953. The van der Waals surface area contributed by atoms with E-state index in [2.05, 4.69) is 10.1 Å². The first-order valence-corrected chi connectivity index (χ1v) is 6.79. The van der Waals surface area contributed by atoms with Crippen molar-refractivity contribution in [3.8, 4) is 0 Å². The van der Waals surface area contributed by atoms with E-state index in [1.165, 1.54) is 12.3 Å². The van der Waals surface area contributed by atoms with Gasteiger partial charge in [-0.25, -0.2) is 9.50 Å². The zero-order chi connectivity index (χ0) is 16.3. The molecule has 118 valence electrons. The fourth-order valence-electron chi connectivity index (χ4n) is 2.22. The molecule has 3 rings (SSSR count). The van der Waals surface area contributed by atoms with Crippen LogP contribution in [-0.2, 0) is 15.5 Å². The maximum Gasteiger partial charge on any atom is 0.514 e. The molecule has 0 unspecified atom stereocenters. The topological polar surface area (TPSA) is 48.7 Å².